The van der Waals surface area contributed by atoms with Gasteiger partial charge in [0.15, 0.2) is 5.76 Å². The predicted octanol–water partition coefficient (Wildman–Crippen LogP) is 1.07. The molecule has 2 fully saturated rings. The first kappa shape index (κ1) is 21.8. The van der Waals surface area contributed by atoms with E-state index in [4.69, 9.17) is 4.52 Å². The molecule has 1 aromatic heterocycles. The van der Waals surface area contributed by atoms with Crippen LogP contribution in [0.25, 0.3) is 0 Å². The Kier molecular flexibility index (Phi) is 6.62. The molecular formula is C19H30N4O5S. The lowest BCUT2D eigenvalue weighted by atomic mass is 9.92. The number of rotatable bonds is 5. The van der Waals surface area contributed by atoms with Crippen LogP contribution in [0, 0.1) is 25.7 Å². The lowest BCUT2D eigenvalue weighted by molar-refractivity contribution is -0.140. The van der Waals surface area contributed by atoms with Crippen LogP contribution in [0.4, 0.5) is 0 Å². The van der Waals surface area contributed by atoms with Gasteiger partial charge in [0.2, 0.25) is 21.8 Å². The van der Waals surface area contributed by atoms with Gasteiger partial charge in [-0.1, -0.05) is 5.16 Å². The Morgan fingerprint density at radius 3 is 2.41 bits per heavy atom. The zero-order valence-electron chi connectivity index (χ0n) is 17.3. The Bertz CT molecular complexity index is 838. The standard InChI is InChI=1S/C19H30N4O5S/c1-4-20-18(24)16-6-5-9-22(12-16)19(25)15-7-10-23(11-8-15)29(26,27)17-13(2)21-28-14(17)3/h15-16H,4-12H2,1-3H3,(H,20,24). The first-order chi connectivity index (χ1) is 13.8. The van der Waals surface area contributed by atoms with Crippen LogP contribution in [0.15, 0.2) is 9.42 Å². The van der Waals surface area contributed by atoms with E-state index in [1.165, 1.54) is 4.31 Å². The van der Waals surface area contributed by atoms with Gasteiger partial charge in [0.1, 0.15) is 10.6 Å². The second-order valence-corrected chi connectivity index (χ2v) is 9.72. The smallest absolute Gasteiger partial charge is 0.248 e. The fraction of sp³-hybridized carbons (Fsp3) is 0.737. The van der Waals surface area contributed by atoms with Crippen LogP contribution < -0.4 is 5.32 Å². The minimum Gasteiger partial charge on any atom is -0.360 e. The lowest BCUT2D eigenvalue weighted by Gasteiger charge is -2.37. The number of piperidine rings is 2. The Hall–Kier alpha value is -1.94. The van der Waals surface area contributed by atoms with E-state index in [0.717, 1.165) is 12.8 Å². The van der Waals surface area contributed by atoms with Crippen molar-refractivity contribution in [2.75, 3.05) is 32.7 Å². The van der Waals surface area contributed by atoms with Crippen molar-refractivity contribution >= 4 is 21.8 Å². The average molecular weight is 427 g/mol. The number of hydrogen-bond donors (Lipinski definition) is 1. The summed E-state index contributed by atoms with van der Waals surface area (Å²) in [5.74, 6) is -0.0454. The molecule has 3 heterocycles. The Morgan fingerprint density at radius 1 is 1.14 bits per heavy atom. The summed E-state index contributed by atoms with van der Waals surface area (Å²) in [6, 6.07) is 0. The number of aryl methyl sites for hydroxylation is 2. The van der Waals surface area contributed by atoms with Crippen molar-refractivity contribution in [2.45, 2.75) is 51.3 Å². The molecule has 2 aliphatic heterocycles. The average Bonchev–Trinajstić information content (AvgIpc) is 3.06. The van der Waals surface area contributed by atoms with Crippen molar-refractivity contribution < 1.29 is 22.5 Å². The van der Waals surface area contributed by atoms with E-state index in [1.807, 2.05) is 6.92 Å². The molecule has 1 N–H and O–H groups in total. The molecule has 10 heteroatoms. The van der Waals surface area contributed by atoms with E-state index in [0.29, 0.717) is 38.2 Å². The molecule has 1 atom stereocenters. The highest BCUT2D eigenvalue weighted by atomic mass is 32.2. The van der Waals surface area contributed by atoms with Gasteiger partial charge >= 0.3 is 0 Å². The van der Waals surface area contributed by atoms with E-state index in [1.54, 1.807) is 18.7 Å². The number of hydrogen-bond acceptors (Lipinski definition) is 6. The van der Waals surface area contributed by atoms with Crippen LogP contribution in [-0.2, 0) is 19.6 Å². The molecule has 29 heavy (non-hydrogen) atoms. The van der Waals surface area contributed by atoms with Gasteiger partial charge in [0, 0.05) is 38.6 Å². The van der Waals surface area contributed by atoms with Gasteiger partial charge in [0.05, 0.1) is 5.92 Å². The number of likely N-dealkylation sites (tertiary alicyclic amines) is 1. The number of aromatic nitrogens is 1. The van der Waals surface area contributed by atoms with Crippen LogP contribution in [0.2, 0.25) is 0 Å². The third-order valence-corrected chi connectivity index (χ3v) is 7.97. The second kappa shape index (κ2) is 8.83. The van der Waals surface area contributed by atoms with E-state index < -0.39 is 10.0 Å². The summed E-state index contributed by atoms with van der Waals surface area (Å²) >= 11 is 0. The molecule has 0 aliphatic carbocycles. The summed E-state index contributed by atoms with van der Waals surface area (Å²) in [5.41, 5.74) is 0.352. The molecule has 1 aromatic rings. The minimum absolute atomic E-state index is 0.00498. The summed E-state index contributed by atoms with van der Waals surface area (Å²) < 4.78 is 32.3. The summed E-state index contributed by atoms with van der Waals surface area (Å²) in [4.78, 5) is 27.0. The molecule has 9 nitrogen and oxygen atoms in total. The highest BCUT2D eigenvalue weighted by Crippen LogP contribution is 2.29. The molecule has 2 saturated heterocycles. The number of sulfonamides is 1. The molecule has 0 bridgehead atoms. The largest absolute Gasteiger partial charge is 0.360 e. The van der Waals surface area contributed by atoms with Crippen LogP contribution in [-0.4, -0.2) is 67.3 Å². The first-order valence-corrected chi connectivity index (χ1v) is 11.7. The quantitative estimate of drug-likeness (QED) is 0.753. The topological polar surface area (TPSA) is 113 Å². The SMILES string of the molecule is CCNC(=O)C1CCCN(C(=O)C2CCN(S(=O)(=O)c3c(C)noc3C)CC2)C1. The van der Waals surface area contributed by atoms with Crippen LogP contribution >= 0.6 is 0 Å². The summed E-state index contributed by atoms with van der Waals surface area (Å²) in [6.07, 6.45) is 2.56. The molecular weight excluding hydrogens is 396 g/mol. The molecule has 1 unspecified atom stereocenters. The maximum absolute atomic E-state index is 13.0. The molecule has 2 amide bonds. The van der Waals surface area contributed by atoms with Crippen LogP contribution in [0.1, 0.15) is 44.1 Å². The van der Waals surface area contributed by atoms with Crippen molar-refractivity contribution in [3.8, 4) is 0 Å². The maximum Gasteiger partial charge on any atom is 0.248 e. The highest BCUT2D eigenvalue weighted by Gasteiger charge is 2.37. The van der Waals surface area contributed by atoms with Crippen molar-refractivity contribution in [1.29, 1.82) is 0 Å². The number of amides is 2. The number of nitrogens with one attached hydrogen (secondary N) is 1. The van der Waals surface area contributed by atoms with E-state index in [-0.39, 0.29) is 47.4 Å². The lowest BCUT2D eigenvalue weighted by Crippen LogP contribution is -2.49. The fourth-order valence-corrected chi connectivity index (χ4v) is 6.04. The van der Waals surface area contributed by atoms with Crippen molar-refractivity contribution in [2.24, 2.45) is 11.8 Å². The normalized spacial score (nSPS) is 21.9. The monoisotopic (exact) mass is 426 g/mol. The van der Waals surface area contributed by atoms with Crippen LogP contribution in [0.5, 0.6) is 0 Å². The molecule has 2 aliphatic rings. The molecule has 0 spiro atoms. The summed E-state index contributed by atoms with van der Waals surface area (Å²) in [7, 11) is -3.68. The fourth-order valence-electron chi connectivity index (χ4n) is 4.28. The number of carbonyl (C=O) groups is 2. The molecule has 0 saturated carbocycles. The van der Waals surface area contributed by atoms with Gasteiger partial charge in [-0.05, 0) is 46.5 Å². The Balaban J connectivity index is 1.60. The summed E-state index contributed by atoms with van der Waals surface area (Å²) in [5, 5.41) is 6.58. The minimum atomic E-state index is -3.68. The molecule has 162 valence electrons. The Morgan fingerprint density at radius 2 is 1.83 bits per heavy atom. The summed E-state index contributed by atoms with van der Waals surface area (Å²) in [6.45, 7) is 7.35. The van der Waals surface area contributed by atoms with E-state index in [2.05, 4.69) is 10.5 Å². The maximum atomic E-state index is 13.0. The van der Waals surface area contributed by atoms with E-state index in [9.17, 15) is 18.0 Å². The van der Waals surface area contributed by atoms with E-state index >= 15 is 0 Å². The highest BCUT2D eigenvalue weighted by molar-refractivity contribution is 7.89. The van der Waals surface area contributed by atoms with Gasteiger partial charge in [-0.2, -0.15) is 4.31 Å². The van der Waals surface area contributed by atoms with Crippen molar-refractivity contribution in [3.05, 3.63) is 11.5 Å². The second-order valence-electron chi connectivity index (χ2n) is 7.85. The van der Waals surface area contributed by atoms with Gasteiger partial charge in [-0.15, -0.1) is 0 Å². The number of nitrogens with zero attached hydrogens (tertiary/aromatic N) is 3. The number of carbonyl (C=O) groups excluding carboxylic acids is 2. The third-order valence-electron chi connectivity index (χ3n) is 5.82. The first-order valence-electron chi connectivity index (χ1n) is 10.2. The van der Waals surface area contributed by atoms with Gasteiger partial charge in [-0.25, -0.2) is 8.42 Å². The van der Waals surface area contributed by atoms with Crippen molar-refractivity contribution in [3.63, 3.8) is 0 Å². The van der Waals surface area contributed by atoms with Gasteiger partial charge in [0.25, 0.3) is 0 Å². The van der Waals surface area contributed by atoms with Crippen molar-refractivity contribution in [1.82, 2.24) is 19.7 Å². The van der Waals surface area contributed by atoms with Gasteiger partial charge < -0.3 is 14.7 Å². The molecule has 0 radical (unpaired) electrons. The predicted molar refractivity (Wildman–Crippen MR) is 105 cm³/mol. The Labute approximate surface area is 171 Å². The van der Waals surface area contributed by atoms with Crippen LogP contribution in [0.3, 0.4) is 0 Å². The third kappa shape index (κ3) is 4.48. The zero-order chi connectivity index (χ0) is 21.2. The van der Waals surface area contributed by atoms with Gasteiger partial charge in [-0.3, -0.25) is 9.59 Å². The molecule has 3 rings (SSSR count). The molecule has 0 aromatic carbocycles. The zero-order valence-corrected chi connectivity index (χ0v) is 18.1.